The number of nitrogens with one attached hydrogen (secondary N) is 1. The lowest BCUT2D eigenvalue weighted by molar-refractivity contribution is -0.137. The van der Waals surface area contributed by atoms with Gasteiger partial charge >= 0.3 is 5.97 Å². The first-order chi connectivity index (χ1) is 19.3. The number of hydrogen-bond donors (Lipinski definition) is 2. The smallest absolute Gasteiger partial charge is 0.306 e. The van der Waals surface area contributed by atoms with Crippen molar-refractivity contribution in [2.75, 3.05) is 27.9 Å². The van der Waals surface area contributed by atoms with Gasteiger partial charge in [0.25, 0.3) is 0 Å². The van der Waals surface area contributed by atoms with Gasteiger partial charge in [0.05, 0.1) is 40.8 Å². The molecule has 2 aromatic carbocycles. The Morgan fingerprint density at radius 1 is 1.00 bits per heavy atom. The molecule has 1 aliphatic rings. The number of aromatic nitrogens is 1. The molecule has 0 radical (unpaired) electrons. The van der Waals surface area contributed by atoms with Crippen LogP contribution in [0.25, 0.3) is 17.2 Å². The molecule has 0 atom stereocenters. The third-order valence-electron chi connectivity index (χ3n) is 6.60. The number of benzene rings is 2. The fourth-order valence-corrected chi connectivity index (χ4v) is 4.57. The van der Waals surface area contributed by atoms with E-state index in [1.165, 1.54) is 14.2 Å². The molecule has 9 heteroatoms. The van der Waals surface area contributed by atoms with Gasteiger partial charge < -0.3 is 29.4 Å². The highest BCUT2D eigenvalue weighted by atomic mass is 16.5. The molecule has 208 valence electrons. The zero-order valence-electron chi connectivity index (χ0n) is 22.9. The average molecular weight is 545 g/mol. The van der Waals surface area contributed by atoms with Gasteiger partial charge in [-0.1, -0.05) is 12.1 Å². The maximum atomic E-state index is 13.0. The number of carbonyl (C=O) groups is 2. The molecule has 1 amide bonds. The largest absolute Gasteiger partial charge is 0.497 e. The van der Waals surface area contributed by atoms with Crippen molar-refractivity contribution in [2.45, 2.75) is 26.3 Å². The molecule has 2 N–H and O–H groups in total. The van der Waals surface area contributed by atoms with E-state index >= 15 is 0 Å². The van der Waals surface area contributed by atoms with Crippen LogP contribution in [0.1, 0.15) is 42.0 Å². The minimum Gasteiger partial charge on any atom is -0.497 e. The van der Waals surface area contributed by atoms with E-state index in [4.69, 9.17) is 24.1 Å². The van der Waals surface area contributed by atoms with Crippen LogP contribution >= 0.6 is 0 Å². The topological polar surface area (TPSA) is 116 Å². The van der Waals surface area contributed by atoms with Crippen LogP contribution in [0, 0.1) is 0 Å². The minimum atomic E-state index is -0.959. The van der Waals surface area contributed by atoms with Gasteiger partial charge in [0.1, 0.15) is 5.75 Å². The van der Waals surface area contributed by atoms with Crippen LogP contribution in [0.2, 0.25) is 0 Å². The summed E-state index contributed by atoms with van der Waals surface area (Å²) >= 11 is 0. The first-order valence-electron chi connectivity index (χ1n) is 12.7. The number of carboxylic acids is 1. The second kappa shape index (κ2) is 12.8. The van der Waals surface area contributed by atoms with E-state index in [9.17, 15) is 9.59 Å². The summed E-state index contributed by atoms with van der Waals surface area (Å²) in [6, 6.07) is 13.2. The Kier molecular flexibility index (Phi) is 9.06. The number of amides is 1. The minimum absolute atomic E-state index is 0.0221. The van der Waals surface area contributed by atoms with Crippen LogP contribution in [0.4, 0.5) is 0 Å². The lowest BCUT2D eigenvalue weighted by atomic mass is 10.00. The van der Waals surface area contributed by atoms with Gasteiger partial charge in [-0.25, -0.2) is 0 Å². The number of carbonyl (C=O) groups excluding carboxylic acids is 1. The summed E-state index contributed by atoms with van der Waals surface area (Å²) < 4.78 is 22.2. The first kappa shape index (κ1) is 28.2. The van der Waals surface area contributed by atoms with Crippen LogP contribution in [-0.2, 0) is 16.1 Å². The number of fused-ring (bicyclic) bond motifs is 1. The number of carboxylic acid groups (broad SMARTS) is 1. The van der Waals surface area contributed by atoms with Crippen molar-refractivity contribution < 1.29 is 33.6 Å². The Balaban J connectivity index is 1.68. The molecule has 40 heavy (non-hydrogen) atoms. The van der Waals surface area contributed by atoms with E-state index in [2.05, 4.69) is 10.3 Å². The number of nitrogens with zero attached hydrogens (tertiary/aromatic N) is 1. The van der Waals surface area contributed by atoms with Crippen LogP contribution < -0.4 is 24.3 Å². The molecule has 0 fully saturated rings. The van der Waals surface area contributed by atoms with Crippen molar-refractivity contribution in [2.24, 2.45) is 0 Å². The fourth-order valence-electron chi connectivity index (χ4n) is 4.57. The summed E-state index contributed by atoms with van der Waals surface area (Å²) in [6.45, 7) is 2.37. The van der Waals surface area contributed by atoms with Gasteiger partial charge in [-0.05, 0) is 82.3 Å². The zero-order valence-corrected chi connectivity index (χ0v) is 22.9. The Morgan fingerprint density at radius 3 is 2.38 bits per heavy atom. The molecule has 4 rings (SSSR count). The molecule has 1 heterocycles. The quantitative estimate of drug-likeness (QED) is 0.328. The fraction of sp³-hybridized carbons (Fsp3) is 0.258. The Bertz CT molecular complexity index is 1440. The maximum Gasteiger partial charge on any atom is 0.306 e. The molecule has 3 aromatic rings. The van der Waals surface area contributed by atoms with Crippen molar-refractivity contribution in [3.8, 4) is 23.0 Å². The number of methoxy groups -OCH3 is 3. The summed E-state index contributed by atoms with van der Waals surface area (Å²) in [5, 5.41) is 11.9. The highest BCUT2D eigenvalue weighted by Gasteiger charge is 2.26. The van der Waals surface area contributed by atoms with Crippen LogP contribution in [0.15, 0.2) is 60.4 Å². The van der Waals surface area contributed by atoms with Gasteiger partial charge in [0.2, 0.25) is 11.7 Å². The van der Waals surface area contributed by atoms with Crippen LogP contribution in [-0.4, -0.2) is 49.9 Å². The Hall–Kier alpha value is -4.79. The maximum absolute atomic E-state index is 13.0. The van der Waals surface area contributed by atoms with E-state index in [-0.39, 0.29) is 25.4 Å². The molecular weight excluding hydrogens is 512 g/mol. The van der Waals surface area contributed by atoms with Gasteiger partial charge in [-0.15, -0.1) is 0 Å². The number of ether oxygens (including phenoxy) is 4. The highest BCUT2D eigenvalue weighted by Crippen LogP contribution is 2.46. The first-order valence-corrected chi connectivity index (χ1v) is 12.7. The number of allylic oxidation sites excluding steroid dienone is 2. The van der Waals surface area contributed by atoms with Gasteiger partial charge in [-0.2, -0.15) is 0 Å². The predicted molar refractivity (Wildman–Crippen MR) is 151 cm³/mol. The molecule has 0 saturated carbocycles. The van der Waals surface area contributed by atoms with E-state index in [0.29, 0.717) is 29.5 Å². The Labute approximate surface area is 233 Å². The van der Waals surface area contributed by atoms with E-state index in [1.807, 2.05) is 43.3 Å². The Morgan fingerprint density at radius 2 is 1.75 bits per heavy atom. The lowest BCUT2D eigenvalue weighted by Crippen LogP contribution is -2.22. The zero-order chi connectivity index (χ0) is 28.6. The molecule has 0 saturated heterocycles. The molecular formula is C31H32N2O7. The molecule has 0 unspecified atom stereocenters. The third-order valence-corrected chi connectivity index (χ3v) is 6.60. The molecule has 0 bridgehead atoms. The number of hydrogen-bond acceptors (Lipinski definition) is 7. The number of pyridine rings is 1. The lowest BCUT2D eigenvalue weighted by Gasteiger charge is -2.15. The van der Waals surface area contributed by atoms with Crippen LogP contribution in [0.3, 0.4) is 0 Å². The van der Waals surface area contributed by atoms with Crippen molar-refractivity contribution in [3.63, 3.8) is 0 Å². The van der Waals surface area contributed by atoms with E-state index in [0.717, 1.165) is 39.0 Å². The molecule has 0 aliphatic heterocycles. The molecule has 1 aliphatic carbocycles. The standard InChI is InChI=1S/C31H32N2O7/c1-19-24(12-21-13-27(38-3)31(28(14-21)39-4)40-11-9-30(35)36)23-8-7-22(37-2)15-26(23)25(19)16-29(34)33-18-20-6-5-10-32-17-20/h5-8,10,12-15,17H,9,11,16,18H2,1-4H3,(H,33,34)(H,35,36)/b24-12-. The number of aliphatic carboxylic acids is 1. The predicted octanol–water partition coefficient (Wildman–Crippen LogP) is 5.00. The van der Waals surface area contributed by atoms with Crippen LogP contribution in [0.5, 0.6) is 23.0 Å². The summed E-state index contributed by atoms with van der Waals surface area (Å²) in [5.41, 5.74) is 6.47. The summed E-state index contributed by atoms with van der Waals surface area (Å²) in [5.74, 6) is 0.817. The molecule has 9 nitrogen and oxygen atoms in total. The summed E-state index contributed by atoms with van der Waals surface area (Å²) in [6.07, 6.45) is 5.48. The van der Waals surface area contributed by atoms with Crippen molar-refractivity contribution in [1.29, 1.82) is 0 Å². The highest BCUT2D eigenvalue weighted by molar-refractivity contribution is 6.08. The van der Waals surface area contributed by atoms with Gasteiger partial charge in [-0.3, -0.25) is 14.6 Å². The second-order valence-electron chi connectivity index (χ2n) is 9.13. The molecule has 1 aromatic heterocycles. The van der Waals surface area contributed by atoms with E-state index < -0.39 is 5.97 Å². The van der Waals surface area contributed by atoms with Gasteiger partial charge in [0, 0.05) is 18.9 Å². The van der Waals surface area contributed by atoms with E-state index in [1.54, 1.807) is 31.6 Å². The van der Waals surface area contributed by atoms with Crippen molar-refractivity contribution >= 4 is 29.1 Å². The molecule has 0 spiro atoms. The number of rotatable bonds is 12. The summed E-state index contributed by atoms with van der Waals surface area (Å²) in [4.78, 5) is 28.0. The monoisotopic (exact) mass is 544 g/mol. The normalized spacial score (nSPS) is 13.2. The SMILES string of the molecule is COc1ccc2c(c1)C(CC(=O)NCc1cccnc1)=C(C)/C2=C/c1cc(OC)c(OCCC(=O)O)c(OC)c1. The second-order valence-corrected chi connectivity index (χ2v) is 9.13. The van der Waals surface area contributed by atoms with Gasteiger partial charge in [0.15, 0.2) is 11.5 Å². The summed E-state index contributed by atoms with van der Waals surface area (Å²) in [7, 11) is 4.64. The average Bonchev–Trinajstić information content (AvgIpc) is 3.21. The van der Waals surface area contributed by atoms with Crippen molar-refractivity contribution in [1.82, 2.24) is 10.3 Å². The third kappa shape index (κ3) is 6.43. The van der Waals surface area contributed by atoms with Crippen molar-refractivity contribution in [3.05, 3.63) is 82.7 Å².